The first-order valence-electron chi connectivity index (χ1n) is 28.1. The highest BCUT2D eigenvalue weighted by Gasteiger charge is 2.45. The largest absolute Gasteiger partial charge is 0.391 e. The van der Waals surface area contributed by atoms with Gasteiger partial charge in [0.1, 0.15) is 22.9 Å². The molecule has 16 nitrogen and oxygen atoms in total. The number of amides is 4. The predicted octanol–water partition coefficient (Wildman–Crippen LogP) is 9.69. The maximum absolute atomic E-state index is 14.1. The number of rotatable bonds is 25. The Hall–Kier alpha value is -4.56. The second-order valence-electron chi connectivity index (χ2n) is 22.8. The van der Waals surface area contributed by atoms with E-state index in [2.05, 4.69) is 35.4 Å². The average Bonchev–Trinajstić information content (AvgIpc) is 4.08. The third-order valence-electron chi connectivity index (χ3n) is 16.0. The number of nitrogens with zero attached hydrogens (tertiary/aromatic N) is 7. The molecule has 7 rings (SSSR count). The molecule has 0 spiro atoms. The molecule has 0 saturated carbocycles. The summed E-state index contributed by atoms with van der Waals surface area (Å²) < 4.78 is 0. The van der Waals surface area contributed by atoms with Gasteiger partial charge in [-0.1, -0.05) is 125 Å². The van der Waals surface area contributed by atoms with Crippen molar-refractivity contribution >= 4 is 81.6 Å². The van der Waals surface area contributed by atoms with E-state index in [0.29, 0.717) is 40.3 Å². The summed E-state index contributed by atoms with van der Waals surface area (Å²) in [6.45, 7) is 16.4. The van der Waals surface area contributed by atoms with Gasteiger partial charge in [0.05, 0.1) is 44.5 Å². The highest BCUT2D eigenvalue weighted by molar-refractivity contribution is 7.99. The fourth-order valence-electron chi connectivity index (χ4n) is 11.0. The zero-order chi connectivity index (χ0) is 56.0. The molecular formula is C58H83Cl2N11O5S2. The molecule has 7 N–H and O–H groups in total. The highest BCUT2D eigenvalue weighted by Crippen LogP contribution is 2.40. The van der Waals surface area contributed by atoms with Gasteiger partial charge < -0.3 is 41.9 Å². The number of piperazine rings is 1. The molecule has 3 aliphatic rings. The molecule has 5 heterocycles. The van der Waals surface area contributed by atoms with Crippen molar-refractivity contribution in [1.82, 2.24) is 40.3 Å². The zero-order valence-electron chi connectivity index (χ0n) is 46.4. The summed E-state index contributed by atoms with van der Waals surface area (Å²) in [6, 6.07) is 11.5. The Morgan fingerprint density at radius 2 is 1.56 bits per heavy atom. The van der Waals surface area contributed by atoms with Crippen LogP contribution < -0.4 is 27.0 Å². The number of piperidine rings is 1. The number of aromatic nitrogens is 3. The average molecular weight is 1150 g/mol. The summed E-state index contributed by atoms with van der Waals surface area (Å²) in [7, 11) is 0. The molecule has 20 heteroatoms. The molecule has 4 aromatic rings. The molecule has 3 fully saturated rings. The number of nitrogen functional groups attached to an aromatic ring is 1. The minimum Gasteiger partial charge on any atom is -0.391 e. The smallest absolute Gasteiger partial charge is 0.246 e. The highest BCUT2D eigenvalue weighted by atomic mass is 35.5. The van der Waals surface area contributed by atoms with Crippen LogP contribution in [0.3, 0.4) is 0 Å². The zero-order valence-corrected chi connectivity index (χ0v) is 49.6. The topological polar surface area (TPSA) is 216 Å². The van der Waals surface area contributed by atoms with Crippen molar-refractivity contribution in [3.05, 3.63) is 75.5 Å². The Bertz CT molecular complexity index is 2620. The number of nitrogens with two attached hydrogens (primary N) is 2. The lowest BCUT2D eigenvalue weighted by molar-refractivity contribution is -0.144. The Balaban J connectivity index is 0.717. The maximum atomic E-state index is 14.1. The van der Waals surface area contributed by atoms with Crippen molar-refractivity contribution in [2.45, 2.75) is 165 Å². The maximum Gasteiger partial charge on any atom is 0.246 e. The van der Waals surface area contributed by atoms with Gasteiger partial charge in [-0.25, -0.2) is 15.0 Å². The summed E-state index contributed by atoms with van der Waals surface area (Å²) in [5, 5.41) is 18.3. The number of benzene rings is 2. The lowest BCUT2D eigenvalue weighted by atomic mass is 9.74. The lowest BCUT2D eigenvalue weighted by Crippen LogP contribution is -2.57. The van der Waals surface area contributed by atoms with Gasteiger partial charge in [0.25, 0.3) is 0 Å². The minimum atomic E-state index is -0.851. The number of likely N-dealkylation sites (tertiary alicyclic amines) is 1. The minimum absolute atomic E-state index is 0.0319. The number of unbranched alkanes of at least 4 members (excludes halogenated alkanes) is 7. The number of aliphatic hydroxyl groups is 1. The Labute approximate surface area is 480 Å². The summed E-state index contributed by atoms with van der Waals surface area (Å²) in [5.41, 5.74) is 17.0. The van der Waals surface area contributed by atoms with Crippen molar-refractivity contribution in [3.8, 4) is 10.4 Å². The fourth-order valence-corrected chi connectivity index (χ4v) is 13.0. The summed E-state index contributed by atoms with van der Waals surface area (Å²) in [6.07, 6.45) is 13.9. The summed E-state index contributed by atoms with van der Waals surface area (Å²) >= 11 is 15.5. The van der Waals surface area contributed by atoms with Crippen LogP contribution in [0.2, 0.25) is 10.0 Å². The number of halogens is 2. The first-order valence-corrected chi connectivity index (χ1v) is 30.6. The van der Waals surface area contributed by atoms with Gasteiger partial charge in [0.2, 0.25) is 23.6 Å². The standard InChI is InChI=1S/C58H83Cl2N11O5S2/c1-39(41-20-22-42(23-21-41)51-40(2)64-38-77-51)65-54(75)45-34-43(72)36-71(45)56(76)52(57(3,4)5)67-48(73)18-11-8-6-7-9-14-27-68-30-32-70(33-31-68)49(74)19-12-10-13-24-58(37-61)25-28-69(29-26-58)47-35-63-55(53(62)66-47)78-46-17-15-16-44(59)50(46)60/h15-17,20-23,35,38-39,43,45,52,72H,6-14,18-19,24-34,36-37,61H2,1-5H3,(H2,62,66)(H,65,75)(H,67,73)/t39-,43+,45-,52+/m0/s1. The van der Waals surface area contributed by atoms with Gasteiger partial charge >= 0.3 is 0 Å². The van der Waals surface area contributed by atoms with Crippen LogP contribution in [-0.2, 0) is 19.2 Å². The SMILES string of the molecule is Cc1ncsc1-c1ccc([C@H](C)NC(=O)[C@@H]2C[C@@H](O)CN2C(=O)[C@@H](NC(=O)CCCCCCCCN2CCN(C(=O)CCCCCC3(CN)CCN(c4cnc(Sc5cccc(Cl)c5Cl)c(N)n4)CC3)CC2)C(C)(C)C)cc1. The van der Waals surface area contributed by atoms with Gasteiger partial charge in [-0.2, -0.15) is 0 Å². The number of nitrogens with one attached hydrogen (secondary N) is 2. The van der Waals surface area contributed by atoms with E-state index in [4.69, 9.17) is 34.7 Å². The number of β-amino-alcohol motifs (C(OH)–C–C–N with tert-alkyl or cyclic N) is 1. The van der Waals surface area contributed by atoms with Gasteiger partial charge in [0.15, 0.2) is 5.82 Å². The Morgan fingerprint density at radius 1 is 0.885 bits per heavy atom. The number of hydrogen-bond donors (Lipinski definition) is 5. The molecule has 4 amide bonds. The molecule has 0 bridgehead atoms. The summed E-state index contributed by atoms with van der Waals surface area (Å²) in [4.78, 5) is 78.0. The van der Waals surface area contributed by atoms with Crippen LogP contribution in [0.1, 0.15) is 141 Å². The fraction of sp³-hybridized carbons (Fsp3) is 0.603. The number of carbonyl (C=O) groups is 4. The first kappa shape index (κ1) is 61.1. The van der Waals surface area contributed by atoms with Gasteiger partial charge in [0, 0.05) is 70.0 Å². The third-order valence-corrected chi connectivity index (χ3v) is 18.9. The first-order chi connectivity index (χ1) is 37.3. The number of anilines is 2. The Morgan fingerprint density at radius 3 is 2.23 bits per heavy atom. The van der Waals surface area contributed by atoms with Crippen molar-refractivity contribution in [3.63, 3.8) is 0 Å². The summed E-state index contributed by atoms with van der Waals surface area (Å²) in [5.74, 6) is 0.516. The van der Waals surface area contributed by atoms with Crippen LogP contribution in [0, 0.1) is 17.8 Å². The quantitative estimate of drug-likeness (QED) is 0.0391. The van der Waals surface area contributed by atoms with Crippen LogP contribution >= 0.6 is 46.3 Å². The van der Waals surface area contributed by atoms with E-state index in [-0.39, 0.29) is 48.1 Å². The van der Waals surface area contributed by atoms with E-state index in [1.807, 2.05) is 81.4 Å². The molecule has 0 aliphatic carbocycles. The molecule has 3 aliphatic heterocycles. The van der Waals surface area contributed by atoms with Crippen LogP contribution in [0.4, 0.5) is 11.6 Å². The van der Waals surface area contributed by atoms with Gasteiger partial charge in [-0.15, -0.1) is 11.3 Å². The van der Waals surface area contributed by atoms with E-state index < -0.39 is 23.6 Å². The monoisotopic (exact) mass is 1150 g/mol. The van der Waals surface area contributed by atoms with Crippen molar-refractivity contribution in [1.29, 1.82) is 0 Å². The van der Waals surface area contributed by atoms with Crippen LogP contribution in [0.25, 0.3) is 10.4 Å². The number of hydrogen-bond acceptors (Lipinski definition) is 14. The number of carbonyl (C=O) groups excluding carboxylic acids is 4. The number of aryl methyl sites for hydroxylation is 1. The van der Waals surface area contributed by atoms with Gasteiger partial charge in [-0.3, -0.25) is 24.1 Å². The van der Waals surface area contributed by atoms with Gasteiger partial charge in [-0.05, 0) is 99.6 Å². The molecule has 0 radical (unpaired) electrons. The van der Waals surface area contributed by atoms with Crippen molar-refractivity contribution in [2.24, 2.45) is 16.6 Å². The molecular weight excluding hydrogens is 1070 g/mol. The van der Waals surface area contributed by atoms with E-state index in [1.165, 1.54) is 16.7 Å². The molecule has 0 unspecified atom stereocenters. The van der Waals surface area contributed by atoms with Crippen LogP contribution in [0.15, 0.2) is 64.1 Å². The second-order valence-corrected chi connectivity index (χ2v) is 25.5. The van der Waals surface area contributed by atoms with E-state index in [0.717, 1.165) is 155 Å². The van der Waals surface area contributed by atoms with Crippen molar-refractivity contribution < 1.29 is 24.3 Å². The molecule has 4 atom stereocenters. The molecule has 2 aromatic carbocycles. The normalized spacial score (nSPS) is 18.7. The van der Waals surface area contributed by atoms with E-state index in [9.17, 15) is 24.3 Å². The van der Waals surface area contributed by atoms with E-state index >= 15 is 0 Å². The van der Waals surface area contributed by atoms with E-state index in [1.54, 1.807) is 23.6 Å². The molecule has 426 valence electrons. The molecule has 2 aromatic heterocycles. The van der Waals surface area contributed by atoms with Crippen molar-refractivity contribution in [2.75, 3.05) is 69.5 Å². The van der Waals surface area contributed by atoms with Crippen LogP contribution in [-0.4, -0.2) is 135 Å². The Kier molecular flexibility index (Phi) is 22.5. The third kappa shape index (κ3) is 16.8. The van der Waals surface area contributed by atoms with Crippen LogP contribution in [0.5, 0.6) is 0 Å². The number of aliphatic hydroxyl groups excluding tert-OH is 1. The molecule has 78 heavy (non-hydrogen) atoms. The lowest BCUT2D eigenvalue weighted by Gasteiger charge is -2.42. The predicted molar refractivity (Wildman–Crippen MR) is 315 cm³/mol. The molecule has 3 saturated heterocycles. The second kappa shape index (κ2) is 28.7. The number of thiazole rings is 1.